The van der Waals surface area contributed by atoms with Gasteiger partial charge in [0.1, 0.15) is 0 Å². The third-order valence-electron chi connectivity index (χ3n) is 3.14. The lowest BCUT2D eigenvalue weighted by molar-refractivity contribution is 0.144. The van der Waals surface area contributed by atoms with Gasteiger partial charge in [-0.3, -0.25) is 4.90 Å². The highest BCUT2D eigenvalue weighted by atomic mass is 79.9. The van der Waals surface area contributed by atoms with E-state index < -0.39 is 0 Å². The van der Waals surface area contributed by atoms with Crippen LogP contribution in [0.25, 0.3) is 0 Å². The molecule has 0 atom stereocenters. The molecule has 1 aromatic rings. The molecule has 1 heterocycles. The predicted molar refractivity (Wildman–Crippen MR) is 80.2 cm³/mol. The Bertz CT molecular complexity index is 355. The summed E-state index contributed by atoms with van der Waals surface area (Å²) in [5, 5.41) is 5.64. The zero-order valence-corrected chi connectivity index (χ0v) is 13.2. The molecule has 3 nitrogen and oxygen atoms in total. The van der Waals surface area contributed by atoms with Crippen molar-refractivity contribution < 1.29 is 4.74 Å². The van der Waals surface area contributed by atoms with Crippen LogP contribution in [0.2, 0.25) is 0 Å². The molecule has 1 N–H and O–H groups in total. The summed E-state index contributed by atoms with van der Waals surface area (Å²) >= 11 is 5.28. The lowest BCUT2D eigenvalue weighted by Gasteiger charge is -2.21. The summed E-state index contributed by atoms with van der Waals surface area (Å²) in [7, 11) is 1.78. The normalized spacial score (nSPS) is 15.5. The van der Waals surface area contributed by atoms with Crippen molar-refractivity contribution in [3.8, 4) is 0 Å². The van der Waals surface area contributed by atoms with E-state index >= 15 is 0 Å². The van der Waals surface area contributed by atoms with Crippen molar-refractivity contribution in [3.63, 3.8) is 0 Å². The number of methoxy groups -OCH3 is 1. The van der Waals surface area contributed by atoms with Crippen LogP contribution in [0.3, 0.4) is 0 Å². The minimum Gasteiger partial charge on any atom is -0.383 e. The van der Waals surface area contributed by atoms with E-state index in [1.165, 1.54) is 22.2 Å². The van der Waals surface area contributed by atoms with Crippen molar-refractivity contribution >= 4 is 27.3 Å². The van der Waals surface area contributed by atoms with Crippen molar-refractivity contribution in [1.29, 1.82) is 0 Å². The van der Waals surface area contributed by atoms with Gasteiger partial charge in [-0.05, 0) is 34.8 Å². The van der Waals surface area contributed by atoms with Crippen LogP contribution in [0.5, 0.6) is 0 Å². The summed E-state index contributed by atoms with van der Waals surface area (Å²) in [6.45, 7) is 5.05. The highest BCUT2D eigenvalue weighted by Crippen LogP contribution is 2.26. The van der Waals surface area contributed by atoms with E-state index in [2.05, 4.69) is 37.6 Å². The van der Waals surface area contributed by atoms with Crippen LogP contribution >= 0.6 is 27.3 Å². The van der Waals surface area contributed by atoms with E-state index in [-0.39, 0.29) is 0 Å². The van der Waals surface area contributed by atoms with Crippen LogP contribution < -0.4 is 5.32 Å². The van der Waals surface area contributed by atoms with Crippen LogP contribution in [-0.2, 0) is 11.3 Å². The molecular formula is C13H21BrN2OS. The van der Waals surface area contributed by atoms with Gasteiger partial charge in [-0.25, -0.2) is 0 Å². The molecule has 0 aromatic carbocycles. The largest absolute Gasteiger partial charge is 0.383 e. The molecule has 18 heavy (non-hydrogen) atoms. The van der Waals surface area contributed by atoms with Gasteiger partial charge in [0.2, 0.25) is 0 Å². The third kappa shape index (κ3) is 4.97. The Hall–Kier alpha value is 0.0600. The van der Waals surface area contributed by atoms with Crippen molar-refractivity contribution in [1.82, 2.24) is 10.2 Å². The van der Waals surface area contributed by atoms with Gasteiger partial charge >= 0.3 is 0 Å². The predicted octanol–water partition coefficient (Wildman–Crippen LogP) is 2.71. The first-order valence-corrected chi connectivity index (χ1v) is 8.13. The molecule has 0 radical (unpaired) electrons. The number of nitrogens with one attached hydrogen (secondary N) is 1. The standard InChI is InChI=1S/C13H21BrN2OS/c1-17-7-6-16(12-2-3-12)5-4-15-9-13-8-11(14)10-18-13/h8,10,12,15H,2-7,9H2,1H3. The van der Waals surface area contributed by atoms with Gasteiger partial charge in [0, 0.05) is 54.1 Å². The minimum absolute atomic E-state index is 0.817. The van der Waals surface area contributed by atoms with Crippen LogP contribution in [-0.4, -0.2) is 44.3 Å². The SMILES string of the molecule is COCCN(CCNCc1cc(Br)cs1)C1CC1. The molecule has 1 aliphatic rings. The quantitative estimate of drug-likeness (QED) is 0.703. The van der Waals surface area contributed by atoms with Gasteiger partial charge in [-0.15, -0.1) is 11.3 Å². The molecule has 1 aliphatic carbocycles. The number of thiophene rings is 1. The molecule has 0 aliphatic heterocycles. The molecule has 2 rings (SSSR count). The van der Waals surface area contributed by atoms with Crippen LogP contribution in [0.15, 0.2) is 15.9 Å². The molecule has 1 fully saturated rings. The summed E-state index contributed by atoms with van der Waals surface area (Å²) < 4.78 is 6.35. The smallest absolute Gasteiger partial charge is 0.0589 e. The Morgan fingerprint density at radius 2 is 2.33 bits per heavy atom. The van der Waals surface area contributed by atoms with Gasteiger partial charge < -0.3 is 10.1 Å². The molecule has 0 unspecified atom stereocenters. The molecule has 5 heteroatoms. The monoisotopic (exact) mass is 332 g/mol. The molecule has 0 saturated heterocycles. The van der Waals surface area contributed by atoms with E-state index in [4.69, 9.17) is 4.74 Å². The van der Waals surface area contributed by atoms with E-state index in [0.717, 1.165) is 38.8 Å². The Kier molecular flexibility index (Phi) is 6.11. The molecule has 0 spiro atoms. The molecule has 0 bridgehead atoms. The van der Waals surface area contributed by atoms with Crippen molar-refractivity contribution in [2.75, 3.05) is 33.4 Å². The van der Waals surface area contributed by atoms with E-state index in [9.17, 15) is 0 Å². The average molecular weight is 333 g/mol. The van der Waals surface area contributed by atoms with Crippen LogP contribution in [0, 0.1) is 0 Å². The third-order valence-corrected chi connectivity index (χ3v) is 4.84. The minimum atomic E-state index is 0.817. The van der Waals surface area contributed by atoms with Crippen LogP contribution in [0.4, 0.5) is 0 Å². The Labute approximate surface area is 122 Å². The first-order chi connectivity index (χ1) is 8.79. The number of hydrogen-bond acceptors (Lipinski definition) is 4. The maximum absolute atomic E-state index is 5.16. The maximum Gasteiger partial charge on any atom is 0.0589 e. The fourth-order valence-corrected chi connectivity index (χ4v) is 3.43. The average Bonchev–Trinajstić information content (AvgIpc) is 3.12. The van der Waals surface area contributed by atoms with E-state index in [0.29, 0.717) is 0 Å². The van der Waals surface area contributed by atoms with Crippen molar-refractivity contribution in [2.24, 2.45) is 0 Å². The van der Waals surface area contributed by atoms with E-state index in [1.54, 1.807) is 18.4 Å². The van der Waals surface area contributed by atoms with Gasteiger partial charge in [-0.2, -0.15) is 0 Å². The summed E-state index contributed by atoms with van der Waals surface area (Å²) in [6.07, 6.45) is 2.73. The molecule has 0 amide bonds. The topological polar surface area (TPSA) is 24.5 Å². The molecule has 1 saturated carbocycles. The summed E-state index contributed by atoms with van der Waals surface area (Å²) in [5.41, 5.74) is 0. The summed E-state index contributed by atoms with van der Waals surface area (Å²) in [5.74, 6) is 0. The number of ether oxygens (including phenoxy) is 1. The number of nitrogens with zero attached hydrogens (tertiary/aromatic N) is 1. The second kappa shape index (κ2) is 7.60. The lowest BCUT2D eigenvalue weighted by Crippen LogP contribution is -2.35. The second-order valence-electron chi connectivity index (χ2n) is 4.67. The van der Waals surface area contributed by atoms with Crippen molar-refractivity contribution in [3.05, 3.63) is 20.8 Å². The van der Waals surface area contributed by atoms with Gasteiger partial charge in [-0.1, -0.05) is 0 Å². The van der Waals surface area contributed by atoms with Gasteiger partial charge in [0.25, 0.3) is 0 Å². The molecule has 102 valence electrons. The zero-order chi connectivity index (χ0) is 12.8. The second-order valence-corrected chi connectivity index (χ2v) is 6.58. The lowest BCUT2D eigenvalue weighted by atomic mass is 10.4. The Morgan fingerprint density at radius 1 is 1.50 bits per heavy atom. The van der Waals surface area contributed by atoms with E-state index in [1.807, 2.05) is 0 Å². The fraction of sp³-hybridized carbons (Fsp3) is 0.692. The fourth-order valence-electron chi connectivity index (χ4n) is 2.01. The van der Waals surface area contributed by atoms with Crippen molar-refractivity contribution in [2.45, 2.75) is 25.4 Å². The maximum atomic E-state index is 5.16. The highest BCUT2D eigenvalue weighted by molar-refractivity contribution is 9.10. The summed E-state index contributed by atoms with van der Waals surface area (Å²) in [6, 6.07) is 3.00. The zero-order valence-electron chi connectivity index (χ0n) is 10.8. The highest BCUT2D eigenvalue weighted by Gasteiger charge is 2.27. The Balaban J connectivity index is 1.60. The Morgan fingerprint density at radius 3 is 2.94 bits per heavy atom. The van der Waals surface area contributed by atoms with Gasteiger partial charge in [0.05, 0.1) is 6.61 Å². The molecule has 1 aromatic heterocycles. The number of hydrogen-bond donors (Lipinski definition) is 1. The number of halogens is 1. The first kappa shape index (κ1) is 14.5. The van der Waals surface area contributed by atoms with Gasteiger partial charge in [0.15, 0.2) is 0 Å². The first-order valence-electron chi connectivity index (χ1n) is 6.46. The molecular weight excluding hydrogens is 312 g/mol. The van der Waals surface area contributed by atoms with Crippen LogP contribution in [0.1, 0.15) is 17.7 Å². The summed E-state index contributed by atoms with van der Waals surface area (Å²) in [4.78, 5) is 3.93. The number of rotatable bonds is 9.